The first-order valence-corrected chi connectivity index (χ1v) is 6.12. The molecule has 0 bridgehead atoms. The highest BCUT2D eigenvalue weighted by atomic mass is 35.5. The van der Waals surface area contributed by atoms with E-state index in [9.17, 15) is 0 Å². The molecule has 2 heterocycles. The Balaban J connectivity index is 1.95. The Morgan fingerprint density at radius 3 is 3.13 bits per heavy atom. The van der Waals surface area contributed by atoms with Gasteiger partial charge in [0, 0.05) is 0 Å². The van der Waals surface area contributed by atoms with Crippen LogP contribution in [0.15, 0.2) is 11.4 Å². The number of fused-ring (bicyclic) bond motifs is 1. The van der Waals surface area contributed by atoms with Crippen molar-refractivity contribution in [3.05, 3.63) is 16.7 Å². The smallest absolute Gasteiger partial charge is 0.236 e. The monoisotopic (exact) mass is 240 g/mol. The molecule has 0 N–H and O–H groups in total. The first kappa shape index (κ1) is 9.36. The van der Waals surface area contributed by atoms with Crippen molar-refractivity contribution in [3.8, 4) is 5.88 Å². The van der Waals surface area contributed by atoms with Gasteiger partial charge >= 0.3 is 0 Å². The number of aromatic nitrogens is 2. The Morgan fingerprint density at radius 1 is 1.47 bits per heavy atom. The standard InChI is InChI=1S/C10H9ClN2OS/c11-10-12-7-3-4-15-8(7)9(13-10)14-5-6-1-2-6/h3-4,6H,1-2,5H2. The predicted octanol–water partition coefficient (Wildman–Crippen LogP) is 3.13. The average molecular weight is 241 g/mol. The van der Waals surface area contributed by atoms with Crippen molar-refractivity contribution in [2.45, 2.75) is 12.8 Å². The van der Waals surface area contributed by atoms with Crippen LogP contribution >= 0.6 is 22.9 Å². The molecule has 78 valence electrons. The molecule has 0 radical (unpaired) electrons. The number of halogens is 1. The molecule has 0 spiro atoms. The van der Waals surface area contributed by atoms with Crippen molar-refractivity contribution in [1.29, 1.82) is 0 Å². The minimum atomic E-state index is 0.256. The van der Waals surface area contributed by atoms with Crippen LogP contribution in [0.5, 0.6) is 5.88 Å². The number of hydrogen-bond acceptors (Lipinski definition) is 4. The van der Waals surface area contributed by atoms with Gasteiger partial charge in [-0.2, -0.15) is 4.98 Å². The SMILES string of the molecule is Clc1nc(OCC2CC2)c2sccc2n1. The van der Waals surface area contributed by atoms with E-state index < -0.39 is 0 Å². The summed E-state index contributed by atoms with van der Waals surface area (Å²) in [6, 6.07) is 1.93. The lowest BCUT2D eigenvalue weighted by molar-refractivity contribution is 0.292. The maximum Gasteiger partial charge on any atom is 0.236 e. The highest BCUT2D eigenvalue weighted by Crippen LogP contribution is 2.32. The minimum Gasteiger partial charge on any atom is -0.476 e. The molecule has 15 heavy (non-hydrogen) atoms. The Morgan fingerprint density at radius 2 is 2.33 bits per heavy atom. The molecule has 0 aromatic carbocycles. The number of hydrogen-bond donors (Lipinski definition) is 0. The summed E-state index contributed by atoms with van der Waals surface area (Å²) in [4.78, 5) is 8.24. The van der Waals surface area contributed by atoms with Gasteiger partial charge in [-0.25, -0.2) is 4.98 Å². The van der Waals surface area contributed by atoms with Crippen LogP contribution in [0.4, 0.5) is 0 Å². The second-order valence-electron chi connectivity index (χ2n) is 3.69. The third-order valence-corrected chi connectivity index (χ3v) is 3.46. The zero-order valence-electron chi connectivity index (χ0n) is 7.94. The molecule has 1 aliphatic carbocycles. The van der Waals surface area contributed by atoms with Crippen molar-refractivity contribution in [2.75, 3.05) is 6.61 Å². The summed E-state index contributed by atoms with van der Waals surface area (Å²) in [5, 5.41) is 2.23. The maximum absolute atomic E-state index is 5.81. The van der Waals surface area contributed by atoms with Gasteiger partial charge in [-0.3, -0.25) is 0 Å². The van der Waals surface area contributed by atoms with Gasteiger partial charge in [-0.05, 0) is 41.8 Å². The zero-order valence-corrected chi connectivity index (χ0v) is 9.51. The van der Waals surface area contributed by atoms with Crippen LogP contribution in [0.3, 0.4) is 0 Å². The van der Waals surface area contributed by atoms with Crippen molar-refractivity contribution in [1.82, 2.24) is 9.97 Å². The van der Waals surface area contributed by atoms with E-state index in [0.717, 1.165) is 16.8 Å². The fourth-order valence-corrected chi connectivity index (χ4v) is 2.33. The van der Waals surface area contributed by atoms with Crippen LogP contribution < -0.4 is 4.74 Å². The molecular formula is C10H9ClN2OS. The number of thiophene rings is 1. The first-order chi connectivity index (χ1) is 7.33. The lowest BCUT2D eigenvalue weighted by atomic mass is 10.4. The van der Waals surface area contributed by atoms with Crippen molar-refractivity contribution >= 4 is 33.2 Å². The van der Waals surface area contributed by atoms with Crippen molar-refractivity contribution < 1.29 is 4.74 Å². The molecule has 2 aromatic heterocycles. The summed E-state index contributed by atoms with van der Waals surface area (Å²) in [5.41, 5.74) is 0.866. The van der Waals surface area contributed by atoms with Crippen molar-refractivity contribution in [2.24, 2.45) is 5.92 Å². The molecule has 5 heteroatoms. The summed E-state index contributed by atoms with van der Waals surface area (Å²) >= 11 is 7.40. The fraction of sp³-hybridized carbons (Fsp3) is 0.400. The van der Waals surface area contributed by atoms with E-state index in [-0.39, 0.29) is 5.28 Å². The second kappa shape index (κ2) is 3.61. The molecule has 1 saturated carbocycles. The van der Waals surface area contributed by atoms with E-state index in [0.29, 0.717) is 11.8 Å². The summed E-state index contributed by atoms with van der Waals surface area (Å²) in [6.45, 7) is 0.750. The lowest BCUT2D eigenvalue weighted by Gasteiger charge is -2.04. The Labute approximate surface area is 96.1 Å². The number of ether oxygens (including phenoxy) is 1. The maximum atomic E-state index is 5.81. The van der Waals surface area contributed by atoms with Gasteiger partial charge < -0.3 is 4.74 Å². The molecule has 0 saturated heterocycles. The molecule has 3 rings (SSSR count). The second-order valence-corrected chi connectivity index (χ2v) is 4.94. The molecular weight excluding hydrogens is 232 g/mol. The zero-order chi connectivity index (χ0) is 10.3. The summed E-state index contributed by atoms with van der Waals surface area (Å²) in [5.74, 6) is 1.35. The topological polar surface area (TPSA) is 35.0 Å². The first-order valence-electron chi connectivity index (χ1n) is 4.86. The van der Waals surface area contributed by atoms with E-state index in [1.807, 2.05) is 11.4 Å². The van der Waals surface area contributed by atoms with Gasteiger partial charge in [0.2, 0.25) is 11.2 Å². The number of nitrogens with zero attached hydrogens (tertiary/aromatic N) is 2. The summed E-state index contributed by atoms with van der Waals surface area (Å²) in [7, 11) is 0. The van der Waals surface area contributed by atoms with E-state index in [1.54, 1.807) is 11.3 Å². The Kier molecular flexibility index (Phi) is 2.25. The molecule has 1 fully saturated rings. The molecule has 3 nitrogen and oxygen atoms in total. The quantitative estimate of drug-likeness (QED) is 0.774. The van der Waals surface area contributed by atoms with Crippen molar-refractivity contribution in [3.63, 3.8) is 0 Å². The van der Waals surface area contributed by atoms with Gasteiger partial charge in [-0.15, -0.1) is 11.3 Å². The Bertz CT molecular complexity index is 495. The van der Waals surface area contributed by atoms with E-state index in [1.165, 1.54) is 12.8 Å². The fourth-order valence-electron chi connectivity index (χ4n) is 1.39. The highest BCUT2D eigenvalue weighted by Gasteiger charge is 2.22. The molecule has 0 amide bonds. The van der Waals surface area contributed by atoms with Crippen LogP contribution in [-0.4, -0.2) is 16.6 Å². The average Bonchev–Trinajstić information content (AvgIpc) is 2.92. The van der Waals surface area contributed by atoms with Crippen LogP contribution in [0.2, 0.25) is 5.28 Å². The van der Waals surface area contributed by atoms with Gasteiger partial charge in [0.15, 0.2) is 0 Å². The van der Waals surface area contributed by atoms with Gasteiger partial charge in [0.25, 0.3) is 0 Å². The van der Waals surface area contributed by atoms with Gasteiger partial charge in [0.05, 0.1) is 12.1 Å². The molecule has 0 unspecified atom stereocenters. The van der Waals surface area contributed by atoms with Crippen LogP contribution in [0, 0.1) is 5.92 Å². The molecule has 0 aliphatic heterocycles. The van der Waals surface area contributed by atoms with Gasteiger partial charge in [-0.1, -0.05) is 0 Å². The third-order valence-electron chi connectivity index (χ3n) is 2.40. The van der Waals surface area contributed by atoms with Gasteiger partial charge in [0.1, 0.15) is 4.70 Å². The third kappa shape index (κ3) is 1.92. The minimum absolute atomic E-state index is 0.256. The molecule has 0 atom stereocenters. The van der Waals surface area contributed by atoms with Crippen LogP contribution in [0.1, 0.15) is 12.8 Å². The normalized spacial score (nSPS) is 15.8. The van der Waals surface area contributed by atoms with Crippen LogP contribution in [-0.2, 0) is 0 Å². The van der Waals surface area contributed by atoms with E-state index in [4.69, 9.17) is 16.3 Å². The summed E-state index contributed by atoms with van der Waals surface area (Å²) in [6.07, 6.45) is 2.54. The number of rotatable bonds is 3. The largest absolute Gasteiger partial charge is 0.476 e. The van der Waals surface area contributed by atoms with Crippen LogP contribution in [0.25, 0.3) is 10.2 Å². The molecule has 2 aromatic rings. The molecule has 1 aliphatic rings. The van der Waals surface area contributed by atoms with E-state index >= 15 is 0 Å². The van der Waals surface area contributed by atoms with E-state index in [2.05, 4.69) is 9.97 Å². The highest BCUT2D eigenvalue weighted by molar-refractivity contribution is 7.17. The predicted molar refractivity (Wildman–Crippen MR) is 60.6 cm³/mol. The summed E-state index contributed by atoms with van der Waals surface area (Å²) < 4.78 is 6.64. The Hall–Kier alpha value is -0.870. The lowest BCUT2D eigenvalue weighted by Crippen LogP contribution is -2.01.